The maximum absolute atomic E-state index is 10.7. The van der Waals surface area contributed by atoms with Crippen LogP contribution in [0.15, 0.2) is 0 Å². The Labute approximate surface area is 73.0 Å². The molecule has 3 nitrogen and oxygen atoms in total. The van der Waals surface area contributed by atoms with Gasteiger partial charge in [0.1, 0.15) is 6.29 Å². The van der Waals surface area contributed by atoms with E-state index in [1.807, 2.05) is 13.8 Å². The van der Waals surface area contributed by atoms with E-state index in [-0.39, 0.29) is 11.8 Å². The summed E-state index contributed by atoms with van der Waals surface area (Å²) in [6.45, 7) is 4.08. The third-order valence-corrected chi connectivity index (χ3v) is 3.24. The molecule has 3 heteroatoms. The van der Waals surface area contributed by atoms with Gasteiger partial charge in [0.2, 0.25) is 0 Å². The maximum Gasteiger partial charge on any atom is 0.180 e. The molecular formula is C9H16O3. The molecule has 1 aliphatic rings. The summed E-state index contributed by atoms with van der Waals surface area (Å²) in [4.78, 5) is 10.7. The van der Waals surface area contributed by atoms with E-state index in [9.17, 15) is 4.79 Å². The minimum atomic E-state index is -0.666. The number of ether oxygens (including phenoxy) is 2. The van der Waals surface area contributed by atoms with Gasteiger partial charge in [-0.15, -0.1) is 0 Å². The number of methoxy groups -OCH3 is 2. The van der Waals surface area contributed by atoms with Crippen LogP contribution >= 0.6 is 0 Å². The summed E-state index contributed by atoms with van der Waals surface area (Å²) in [5, 5.41) is 0. The van der Waals surface area contributed by atoms with Crippen LogP contribution in [-0.2, 0) is 14.3 Å². The number of aldehydes is 1. The third kappa shape index (κ3) is 0.930. The molecular weight excluding hydrogens is 156 g/mol. The lowest BCUT2D eigenvalue weighted by molar-refractivity contribution is -0.329. The lowest BCUT2D eigenvalue weighted by Crippen LogP contribution is -2.63. The fraction of sp³-hybridized carbons (Fsp3) is 0.889. The molecule has 0 heterocycles. The number of carbonyl (C=O) groups is 1. The topological polar surface area (TPSA) is 35.5 Å². The molecule has 0 aromatic heterocycles. The summed E-state index contributed by atoms with van der Waals surface area (Å²) in [6, 6.07) is 0. The van der Waals surface area contributed by atoms with Gasteiger partial charge in [-0.2, -0.15) is 0 Å². The van der Waals surface area contributed by atoms with Crippen molar-refractivity contribution in [2.75, 3.05) is 14.2 Å². The smallest absolute Gasteiger partial charge is 0.180 e. The molecule has 0 bridgehead atoms. The molecule has 1 aliphatic carbocycles. The van der Waals surface area contributed by atoms with Crippen LogP contribution < -0.4 is 0 Å². The first-order valence-corrected chi connectivity index (χ1v) is 4.19. The Morgan fingerprint density at radius 3 is 2.00 bits per heavy atom. The fourth-order valence-corrected chi connectivity index (χ4v) is 2.17. The van der Waals surface area contributed by atoms with Gasteiger partial charge in [-0.25, -0.2) is 0 Å². The number of hydrogen-bond acceptors (Lipinski definition) is 3. The Morgan fingerprint density at radius 2 is 1.75 bits per heavy atom. The average molecular weight is 172 g/mol. The van der Waals surface area contributed by atoms with Gasteiger partial charge >= 0.3 is 0 Å². The van der Waals surface area contributed by atoms with Gasteiger partial charge in [0.05, 0.1) is 5.92 Å². The zero-order valence-corrected chi connectivity index (χ0v) is 8.03. The number of carbonyl (C=O) groups excluding carboxylic acids is 1. The molecule has 3 unspecified atom stereocenters. The molecule has 0 N–H and O–H groups in total. The van der Waals surface area contributed by atoms with E-state index in [4.69, 9.17) is 9.47 Å². The van der Waals surface area contributed by atoms with Crippen molar-refractivity contribution in [3.8, 4) is 0 Å². The molecule has 0 aliphatic heterocycles. The van der Waals surface area contributed by atoms with E-state index in [1.54, 1.807) is 14.2 Å². The Bertz CT molecular complexity index is 175. The maximum atomic E-state index is 10.7. The van der Waals surface area contributed by atoms with Gasteiger partial charge in [0, 0.05) is 20.1 Å². The van der Waals surface area contributed by atoms with E-state index in [0.29, 0.717) is 5.92 Å². The highest BCUT2D eigenvalue weighted by molar-refractivity contribution is 5.58. The predicted octanol–water partition coefficient (Wildman–Crippen LogP) is 1.08. The largest absolute Gasteiger partial charge is 0.352 e. The minimum absolute atomic E-state index is 0.123. The first-order valence-electron chi connectivity index (χ1n) is 4.19. The number of hydrogen-bond donors (Lipinski definition) is 0. The van der Waals surface area contributed by atoms with Crippen LogP contribution in [0, 0.1) is 17.8 Å². The minimum Gasteiger partial charge on any atom is -0.352 e. The third-order valence-electron chi connectivity index (χ3n) is 3.24. The molecule has 0 radical (unpaired) electrons. The Balaban J connectivity index is 2.81. The Morgan fingerprint density at radius 1 is 1.25 bits per heavy atom. The molecule has 1 fully saturated rings. The summed E-state index contributed by atoms with van der Waals surface area (Å²) in [7, 11) is 3.17. The van der Waals surface area contributed by atoms with Crippen LogP contribution in [0.5, 0.6) is 0 Å². The summed E-state index contributed by atoms with van der Waals surface area (Å²) >= 11 is 0. The van der Waals surface area contributed by atoms with E-state index in [2.05, 4.69) is 0 Å². The second-order valence-electron chi connectivity index (χ2n) is 3.44. The fourth-order valence-electron chi connectivity index (χ4n) is 2.17. The van der Waals surface area contributed by atoms with Crippen molar-refractivity contribution in [3.63, 3.8) is 0 Å². The van der Waals surface area contributed by atoms with Crippen LogP contribution in [-0.4, -0.2) is 26.3 Å². The second-order valence-corrected chi connectivity index (χ2v) is 3.44. The summed E-state index contributed by atoms with van der Waals surface area (Å²) in [5.74, 6) is -0.158. The van der Waals surface area contributed by atoms with Crippen molar-refractivity contribution >= 4 is 6.29 Å². The van der Waals surface area contributed by atoms with Crippen LogP contribution in [0.25, 0.3) is 0 Å². The van der Waals surface area contributed by atoms with E-state index in [1.165, 1.54) is 0 Å². The molecule has 0 aromatic carbocycles. The van der Waals surface area contributed by atoms with Crippen molar-refractivity contribution in [1.29, 1.82) is 0 Å². The van der Waals surface area contributed by atoms with Crippen molar-refractivity contribution < 1.29 is 14.3 Å². The van der Waals surface area contributed by atoms with Crippen LogP contribution in [0.2, 0.25) is 0 Å². The van der Waals surface area contributed by atoms with E-state index in [0.717, 1.165) is 6.29 Å². The first-order chi connectivity index (χ1) is 5.64. The monoisotopic (exact) mass is 172 g/mol. The lowest BCUT2D eigenvalue weighted by Gasteiger charge is -2.54. The molecule has 1 rings (SSSR count). The highest BCUT2D eigenvalue weighted by Gasteiger charge is 2.59. The molecule has 0 spiro atoms. The zero-order chi connectivity index (χ0) is 9.35. The molecule has 0 amide bonds. The first kappa shape index (κ1) is 9.68. The summed E-state index contributed by atoms with van der Waals surface area (Å²) in [5.41, 5.74) is 0. The van der Waals surface area contributed by atoms with Crippen LogP contribution in [0.1, 0.15) is 13.8 Å². The Kier molecular flexibility index (Phi) is 2.54. The van der Waals surface area contributed by atoms with Crippen molar-refractivity contribution in [1.82, 2.24) is 0 Å². The Hall–Kier alpha value is -0.410. The van der Waals surface area contributed by atoms with Crippen LogP contribution in [0.4, 0.5) is 0 Å². The molecule has 0 aromatic rings. The van der Waals surface area contributed by atoms with E-state index >= 15 is 0 Å². The lowest BCUT2D eigenvalue weighted by atomic mass is 9.61. The van der Waals surface area contributed by atoms with Crippen molar-refractivity contribution in [2.24, 2.45) is 17.8 Å². The van der Waals surface area contributed by atoms with E-state index < -0.39 is 5.79 Å². The molecule has 0 saturated heterocycles. The predicted molar refractivity (Wildman–Crippen MR) is 44.6 cm³/mol. The van der Waals surface area contributed by atoms with Gasteiger partial charge in [-0.1, -0.05) is 13.8 Å². The molecule has 1 saturated carbocycles. The summed E-state index contributed by atoms with van der Waals surface area (Å²) in [6.07, 6.45) is 0.928. The summed E-state index contributed by atoms with van der Waals surface area (Å²) < 4.78 is 10.5. The quantitative estimate of drug-likeness (QED) is 0.472. The average Bonchev–Trinajstić information content (AvgIpc) is 2.12. The van der Waals surface area contributed by atoms with Gasteiger partial charge in [0.15, 0.2) is 5.79 Å². The SMILES string of the molecule is COC1(OC)C(C)C(C)C1C=O. The molecule has 3 atom stereocenters. The molecule has 70 valence electrons. The molecule has 12 heavy (non-hydrogen) atoms. The standard InChI is InChI=1S/C9H16O3/c1-6-7(2)9(11-3,12-4)8(6)5-10/h5-8H,1-4H3. The van der Waals surface area contributed by atoms with Gasteiger partial charge < -0.3 is 14.3 Å². The zero-order valence-electron chi connectivity index (χ0n) is 8.03. The van der Waals surface area contributed by atoms with Gasteiger partial charge in [-0.3, -0.25) is 0 Å². The van der Waals surface area contributed by atoms with Gasteiger partial charge in [0.25, 0.3) is 0 Å². The highest BCUT2D eigenvalue weighted by atomic mass is 16.7. The van der Waals surface area contributed by atoms with Crippen LogP contribution in [0.3, 0.4) is 0 Å². The second kappa shape index (κ2) is 3.15. The van der Waals surface area contributed by atoms with Gasteiger partial charge in [-0.05, 0) is 5.92 Å². The normalized spacial score (nSPS) is 38.8. The number of rotatable bonds is 3. The van der Waals surface area contributed by atoms with Crippen molar-refractivity contribution in [2.45, 2.75) is 19.6 Å². The highest BCUT2D eigenvalue weighted by Crippen LogP contribution is 2.50. The van der Waals surface area contributed by atoms with Crippen molar-refractivity contribution in [3.05, 3.63) is 0 Å².